The smallest absolute Gasteiger partial charge is 0.408 e. The molecule has 10 atom stereocenters. The van der Waals surface area contributed by atoms with E-state index in [4.69, 9.17) is 18.9 Å². The normalized spacial score (nSPS) is 35.0. The maximum absolute atomic E-state index is 12.6. The van der Waals surface area contributed by atoms with Gasteiger partial charge in [0.2, 0.25) is 0 Å². The summed E-state index contributed by atoms with van der Waals surface area (Å²) in [4.78, 5) is 37.3. The fourth-order valence-corrected chi connectivity index (χ4v) is 11.5. The van der Waals surface area contributed by atoms with Gasteiger partial charge in [0.05, 0.1) is 31.6 Å². The molecule has 4 unspecified atom stereocenters. The van der Waals surface area contributed by atoms with Crippen molar-refractivity contribution in [2.45, 2.75) is 188 Å². The van der Waals surface area contributed by atoms with E-state index in [1.54, 1.807) is 5.57 Å². The number of alkyl carbamates (subject to hydrolysis) is 1. The van der Waals surface area contributed by atoms with E-state index in [0.717, 1.165) is 67.6 Å². The molecule has 0 aromatic heterocycles. The summed E-state index contributed by atoms with van der Waals surface area (Å²) in [7, 11) is 0. The van der Waals surface area contributed by atoms with Crippen LogP contribution in [0.2, 0.25) is 0 Å². The van der Waals surface area contributed by atoms with Crippen LogP contribution in [0, 0.1) is 46.3 Å². The molecule has 1 amide bonds. The monoisotopic (exact) mass is 728 g/mol. The Kier molecular flexibility index (Phi) is 13.9. The second-order valence-corrected chi connectivity index (χ2v) is 19.3. The van der Waals surface area contributed by atoms with Gasteiger partial charge >= 0.3 is 18.0 Å². The second-order valence-electron chi connectivity index (χ2n) is 19.3. The van der Waals surface area contributed by atoms with Crippen LogP contribution < -0.4 is 5.32 Å². The molecule has 52 heavy (non-hydrogen) atoms. The van der Waals surface area contributed by atoms with Crippen LogP contribution in [0.15, 0.2) is 11.6 Å². The minimum atomic E-state index is -0.603. The van der Waals surface area contributed by atoms with E-state index in [2.05, 4.69) is 46.0 Å². The third-order valence-corrected chi connectivity index (χ3v) is 14.2. The van der Waals surface area contributed by atoms with Crippen molar-refractivity contribution in [3.05, 3.63) is 11.6 Å². The van der Waals surface area contributed by atoms with Crippen LogP contribution in [-0.4, -0.2) is 55.1 Å². The summed E-state index contributed by atoms with van der Waals surface area (Å²) >= 11 is 0. The van der Waals surface area contributed by atoms with Crippen molar-refractivity contribution in [3.8, 4) is 0 Å². The molecule has 1 N–H and O–H groups in total. The van der Waals surface area contributed by atoms with Crippen molar-refractivity contribution >= 4 is 18.0 Å². The summed E-state index contributed by atoms with van der Waals surface area (Å²) in [5.41, 5.74) is 1.81. The number of allylic oxidation sites excluding steroid dienone is 1. The van der Waals surface area contributed by atoms with Gasteiger partial charge in [0, 0.05) is 0 Å². The number of amides is 1. The summed E-state index contributed by atoms with van der Waals surface area (Å²) < 4.78 is 22.8. The molecule has 8 nitrogen and oxygen atoms in total. The summed E-state index contributed by atoms with van der Waals surface area (Å²) in [5, 5.41) is 2.86. The van der Waals surface area contributed by atoms with Crippen LogP contribution in [0.1, 0.15) is 165 Å². The number of hydrogen-bond acceptors (Lipinski definition) is 7. The SMILES string of the molecule is CC(C)CCC[C@@H](C)[C@H]1CCC2C3CC=C4C[C@@H](OCCOC(=O)CCC(=O)OC5CCCC[C@@H]5NC(=O)OC(C)(C)C)CC[C@]4(C)C3CC[C@@]21C. The lowest BCUT2D eigenvalue weighted by Gasteiger charge is -2.58. The molecule has 0 spiro atoms. The maximum Gasteiger partial charge on any atom is 0.408 e. The minimum Gasteiger partial charge on any atom is -0.463 e. The minimum absolute atomic E-state index is 0.0369. The van der Waals surface area contributed by atoms with Crippen molar-refractivity contribution in [3.63, 3.8) is 0 Å². The zero-order valence-electron chi connectivity index (χ0n) is 34.1. The van der Waals surface area contributed by atoms with E-state index in [-0.39, 0.29) is 37.0 Å². The van der Waals surface area contributed by atoms with E-state index in [9.17, 15) is 14.4 Å². The van der Waals surface area contributed by atoms with Gasteiger partial charge in [-0.1, -0.05) is 72.0 Å². The molecule has 0 radical (unpaired) electrons. The standard InChI is InChI=1S/C44H73NO7/c1-29(2)12-11-13-30(3)34-18-19-35-33-17-16-31-28-32(22-24-43(31,7)36(33)23-25-44(34,35)8)49-26-27-50-39(46)20-21-40(47)51-38-15-10-9-14-37(38)45-41(48)52-42(4,5)6/h16,29-30,32-38H,9-15,17-28H2,1-8H3,(H,45,48)/t30-,32+,33?,34-,35?,36?,37+,38?,43+,44-/m1/s1. The highest BCUT2D eigenvalue weighted by molar-refractivity contribution is 5.77. The Hall–Kier alpha value is -2.09. The number of carbonyl (C=O) groups excluding carboxylic acids is 3. The van der Waals surface area contributed by atoms with E-state index < -0.39 is 29.7 Å². The number of carbonyl (C=O) groups is 3. The van der Waals surface area contributed by atoms with Gasteiger partial charge in [0.15, 0.2) is 0 Å². The Balaban J connectivity index is 1.01. The Morgan fingerprint density at radius 2 is 1.63 bits per heavy atom. The first-order valence-corrected chi connectivity index (χ1v) is 21.2. The molecule has 8 heteroatoms. The van der Waals surface area contributed by atoms with Crippen molar-refractivity contribution in [2.24, 2.45) is 46.3 Å². The van der Waals surface area contributed by atoms with Crippen LogP contribution in [0.4, 0.5) is 4.79 Å². The number of nitrogens with one attached hydrogen (secondary N) is 1. The molecule has 0 bridgehead atoms. The topological polar surface area (TPSA) is 100 Å². The highest BCUT2D eigenvalue weighted by Gasteiger charge is 2.59. The van der Waals surface area contributed by atoms with E-state index in [1.165, 1.54) is 57.8 Å². The number of ether oxygens (including phenoxy) is 4. The highest BCUT2D eigenvalue weighted by Crippen LogP contribution is 2.67. The van der Waals surface area contributed by atoms with Crippen molar-refractivity contribution in [1.82, 2.24) is 5.32 Å². The number of esters is 2. The van der Waals surface area contributed by atoms with Gasteiger partial charge < -0.3 is 24.3 Å². The lowest BCUT2D eigenvalue weighted by Crippen LogP contribution is -2.51. The first kappa shape index (κ1) is 41.1. The Morgan fingerprint density at radius 3 is 2.38 bits per heavy atom. The Bertz CT molecular complexity index is 1260. The summed E-state index contributed by atoms with van der Waals surface area (Å²) in [5.74, 6) is 4.15. The first-order chi connectivity index (χ1) is 24.6. The molecule has 5 aliphatic carbocycles. The average molecular weight is 728 g/mol. The summed E-state index contributed by atoms with van der Waals surface area (Å²) in [6.45, 7) is 18.5. The van der Waals surface area contributed by atoms with Gasteiger partial charge in [0.25, 0.3) is 0 Å². The van der Waals surface area contributed by atoms with Crippen LogP contribution >= 0.6 is 0 Å². The van der Waals surface area contributed by atoms with Gasteiger partial charge in [-0.25, -0.2) is 4.79 Å². The molecule has 0 aromatic carbocycles. The largest absolute Gasteiger partial charge is 0.463 e. The Labute approximate surface area is 315 Å². The molecule has 0 aliphatic heterocycles. The fraction of sp³-hybridized carbons (Fsp3) is 0.886. The van der Waals surface area contributed by atoms with Crippen molar-refractivity contribution in [2.75, 3.05) is 13.2 Å². The summed E-state index contributed by atoms with van der Waals surface area (Å²) in [6.07, 6.45) is 19.2. The zero-order valence-corrected chi connectivity index (χ0v) is 34.1. The van der Waals surface area contributed by atoms with Crippen molar-refractivity contribution in [1.29, 1.82) is 0 Å². The number of rotatable bonds is 14. The van der Waals surface area contributed by atoms with Crippen LogP contribution in [0.3, 0.4) is 0 Å². The predicted octanol–water partition coefficient (Wildman–Crippen LogP) is 10.1. The number of fused-ring (bicyclic) bond motifs is 5. The number of hydrogen-bond donors (Lipinski definition) is 1. The maximum atomic E-state index is 12.6. The van der Waals surface area contributed by atoms with Crippen LogP contribution in [0.25, 0.3) is 0 Å². The molecule has 5 aliphatic rings. The van der Waals surface area contributed by atoms with Gasteiger partial charge in [-0.15, -0.1) is 0 Å². The fourth-order valence-electron chi connectivity index (χ4n) is 11.5. The Morgan fingerprint density at radius 1 is 0.885 bits per heavy atom. The lowest BCUT2D eigenvalue weighted by atomic mass is 9.47. The van der Waals surface area contributed by atoms with Crippen LogP contribution in [-0.2, 0) is 28.5 Å². The van der Waals surface area contributed by atoms with E-state index in [1.807, 2.05) is 20.8 Å². The third-order valence-electron chi connectivity index (χ3n) is 14.2. The third kappa shape index (κ3) is 10.2. The molecule has 296 valence electrons. The molecule has 4 saturated carbocycles. The van der Waals surface area contributed by atoms with E-state index in [0.29, 0.717) is 18.4 Å². The lowest BCUT2D eigenvalue weighted by molar-refractivity contribution is -0.156. The van der Waals surface area contributed by atoms with Gasteiger partial charge in [-0.3, -0.25) is 9.59 Å². The molecular formula is C44H73NO7. The molecule has 0 aromatic rings. The van der Waals surface area contributed by atoms with E-state index >= 15 is 0 Å². The predicted molar refractivity (Wildman–Crippen MR) is 204 cm³/mol. The molecule has 4 fully saturated rings. The molecule has 5 rings (SSSR count). The van der Waals surface area contributed by atoms with Gasteiger partial charge in [-0.2, -0.15) is 0 Å². The zero-order chi connectivity index (χ0) is 37.7. The quantitative estimate of drug-likeness (QED) is 0.0823. The van der Waals surface area contributed by atoms with Gasteiger partial charge in [0.1, 0.15) is 18.3 Å². The average Bonchev–Trinajstić information content (AvgIpc) is 3.43. The molecule has 0 saturated heterocycles. The molecular weight excluding hydrogens is 654 g/mol. The van der Waals surface area contributed by atoms with Crippen LogP contribution in [0.5, 0.6) is 0 Å². The second kappa shape index (κ2) is 17.6. The van der Waals surface area contributed by atoms with Gasteiger partial charge in [-0.05, 0) is 138 Å². The highest BCUT2D eigenvalue weighted by atomic mass is 16.6. The first-order valence-electron chi connectivity index (χ1n) is 21.2. The van der Waals surface area contributed by atoms with Crippen molar-refractivity contribution < 1.29 is 33.3 Å². The summed E-state index contributed by atoms with van der Waals surface area (Å²) in [6, 6.07) is -0.295. The molecule has 0 heterocycles.